The summed E-state index contributed by atoms with van der Waals surface area (Å²) < 4.78 is 0. The van der Waals surface area contributed by atoms with E-state index in [1.807, 2.05) is 0 Å². The molecule has 14 heavy (non-hydrogen) atoms. The van der Waals surface area contributed by atoms with E-state index in [9.17, 15) is 0 Å². The maximum atomic E-state index is 2.35. The van der Waals surface area contributed by atoms with Gasteiger partial charge in [0.05, 0.1) is 0 Å². The van der Waals surface area contributed by atoms with Crippen molar-refractivity contribution in [1.82, 2.24) is 0 Å². The van der Waals surface area contributed by atoms with Crippen LogP contribution in [0.15, 0.2) is 0 Å². The molecular weight excluding hydrogens is 208 g/mol. The van der Waals surface area contributed by atoms with Crippen LogP contribution in [-0.4, -0.2) is 10.5 Å². The van der Waals surface area contributed by atoms with Crippen LogP contribution in [0.4, 0.5) is 0 Å². The Labute approximate surface area is 98.4 Å². The van der Waals surface area contributed by atoms with E-state index in [0.29, 0.717) is 0 Å². The molecule has 0 heterocycles. The van der Waals surface area contributed by atoms with Gasteiger partial charge in [-0.25, -0.2) is 0 Å². The molecule has 0 aliphatic rings. The molecule has 0 nitrogen and oxygen atoms in total. The van der Waals surface area contributed by atoms with Crippen molar-refractivity contribution >= 4 is 21.6 Å². The Morgan fingerprint density at radius 3 is 1.14 bits per heavy atom. The SMILES string of the molecule is CC(C)CC(C)SSC(C)CC(C)C. The third-order valence-corrected chi connectivity index (χ3v) is 5.45. The molecule has 0 fully saturated rings. The Kier molecular flexibility index (Phi) is 8.32. The summed E-state index contributed by atoms with van der Waals surface area (Å²) in [6, 6.07) is 0. The fraction of sp³-hybridized carbons (Fsp3) is 1.00. The van der Waals surface area contributed by atoms with Crippen molar-refractivity contribution in [3.05, 3.63) is 0 Å². The third kappa shape index (κ3) is 9.26. The van der Waals surface area contributed by atoms with Gasteiger partial charge in [-0.3, -0.25) is 0 Å². The maximum Gasteiger partial charge on any atom is 0.0125 e. The molecule has 0 aliphatic heterocycles. The van der Waals surface area contributed by atoms with E-state index >= 15 is 0 Å². The van der Waals surface area contributed by atoms with Gasteiger partial charge in [-0.1, -0.05) is 63.1 Å². The summed E-state index contributed by atoms with van der Waals surface area (Å²) in [5, 5.41) is 1.60. The number of hydrogen-bond donors (Lipinski definition) is 0. The molecule has 0 aromatic carbocycles. The summed E-state index contributed by atoms with van der Waals surface area (Å²) in [4.78, 5) is 0. The highest BCUT2D eigenvalue weighted by atomic mass is 33.1. The second kappa shape index (κ2) is 7.92. The molecule has 86 valence electrons. The summed E-state index contributed by atoms with van der Waals surface area (Å²) in [6.07, 6.45) is 2.68. The molecule has 0 radical (unpaired) electrons. The van der Waals surface area contributed by atoms with Gasteiger partial charge in [-0.2, -0.15) is 0 Å². The van der Waals surface area contributed by atoms with Gasteiger partial charge in [0.1, 0.15) is 0 Å². The minimum Gasteiger partial charge on any atom is -0.0907 e. The monoisotopic (exact) mass is 234 g/mol. The normalized spacial score (nSPS) is 16.3. The van der Waals surface area contributed by atoms with Crippen LogP contribution in [-0.2, 0) is 0 Å². The second-order valence-electron chi connectivity index (χ2n) is 5.07. The van der Waals surface area contributed by atoms with Crippen molar-refractivity contribution in [1.29, 1.82) is 0 Å². The van der Waals surface area contributed by atoms with E-state index in [4.69, 9.17) is 0 Å². The molecule has 0 saturated heterocycles. The first-order valence-corrected chi connectivity index (χ1v) is 8.01. The highest BCUT2D eigenvalue weighted by Gasteiger charge is 2.10. The zero-order chi connectivity index (χ0) is 11.1. The van der Waals surface area contributed by atoms with Gasteiger partial charge >= 0.3 is 0 Å². The highest BCUT2D eigenvalue weighted by molar-refractivity contribution is 8.77. The topological polar surface area (TPSA) is 0 Å². The molecule has 0 bridgehead atoms. The molecule has 0 aromatic rings. The Bertz CT molecular complexity index is 116. The van der Waals surface area contributed by atoms with Crippen molar-refractivity contribution in [3.63, 3.8) is 0 Å². The zero-order valence-corrected chi connectivity index (χ0v) is 12.2. The number of rotatable bonds is 7. The molecule has 0 saturated carbocycles. The van der Waals surface area contributed by atoms with Crippen molar-refractivity contribution < 1.29 is 0 Å². The lowest BCUT2D eigenvalue weighted by molar-refractivity contribution is 0.584. The minimum atomic E-state index is 0.801. The molecule has 0 spiro atoms. The first-order chi connectivity index (χ1) is 6.41. The van der Waals surface area contributed by atoms with Crippen LogP contribution in [0, 0.1) is 11.8 Å². The van der Waals surface area contributed by atoms with Crippen LogP contribution in [0.25, 0.3) is 0 Å². The van der Waals surface area contributed by atoms with E-state index in [-0.39, 0.29) is 0 Å². The Balaban J connectivity index is 3.50. The van der Waals surface area contributed by atoms with Crippen LogP contribution >= 0.6 is 21.6 Å². The van der Waals surface area contributed by atoms with Gasteiger partial charge in [0.25, 0.3) is 0 Å². The average molecular weight is 234 g/mol. The Morgan fingerprint density at radius 2 is 0.929 bits per heavy atom. The highest BCUT2D eigenvalue weighted by Crippen LogP contribution is 2.35. The molecule has 2 atom stereocenters. The molecule has 0 amide bonds. The Morgan fingerprint density at radius 1 is 0.643 bits per heavy atom. The van der Waals surface area contributed by atoms with E-state index in [1.165, 1.54) is 12.8 Å². The second-order valence-corrected chi connectivity index (χ2v) is 8.22. The molecule has 2 heteroatoms. The van der Waals surface area contributed by atoms with Crippen molar-refractivity contribution in [3.8, 4) is 0 Å². The van der Waals surface area contributed by atoms with Crippen LogP contribution in [0.5, 0.6) is 0 Å². The van der Waals surface area contributed by atoms with Crippen LogP contribution in [0.2, 0.25) is 0 Å². The standard InChI is InChI=1S/C12H26S2/c1-9(2)7-11(5)13-14-12(6)8-10(3)4/h9-12H,7-8H2,1-6H3. The maximum absolute atomic E-state index is 2.35. The lowest BCUT2D eigenvalue weighted by Crippen LogP contribution is -2.03. The summed E-state index contributed by atoms with van der Waals surface area (Å²) in [7, 11) is 4.14. The van der Waals surface area contributed by atoms with Gasteiger partial charge < -0.3 is 0 Å². The lowest BCUT2D eigenvalue weighted by Gasteiger charge is -2.17. The first kappa shape index (κ1) is 14.7. The summed E-state index contributed by atoms with van der Waals surface area (Å²) in [6.45, 7) is 13.9. The first-order valence-electron chi connectivity index (χ1n) is 5.74. The van der Waals surface area contributed by atoms with Gasteiger partial charge in [-0.15, -0.1) is 0 Å². The largest absolute Gasteiger partial charge is 0.0907 e. The van der Waals surface area contributed by atoms with E-state index in [0.717, 1.165) is 22.3 Å². The van der Waals surface area contributed by atoms with Crippen molar-refractivity contribution in [2.24, 2.45) is 11.8 Å². The van der Waals surface area contributed by atoms with Crippen molar-refractivity contribution in [2.75, 3.05) is 0 Å². The average Bonchev–Trinajstić information content (AvgIpc) is 1.98. The third-order valence-electron chi connectivity index (χ3n) is 1.99. The smallest absolute Gasteiger partial charge is 0.0125 e. The predicted octanol–water partition coefficient (Wildman–Crippen LogP) is 5.24. The molecule has 0 aromatic heterocycles. The quantitative estimate of drug-likeness (QED) is 0.553. The summed E-state index contributed by atoms with van der Waals surface area (Å²) in [5.41, 5.74) is 0. The Hall–Kier alpha value is 0.700. The van der Waals surface area contributed by atoms with Crippen LogP contribution < -0.4 is 0 Å². The molecular formula is C12H26S2. The molecule has 0 N–H and O–H groups in total. The fourth-order valence-electron chi connectivity index (χ4n) is 1.60. The van der Waals surface area contributed by atoms with E-state index in [1.54, 1.807) is 0 Å². The number of hydrogen-bond acceptors (Lipinski definition) is 2. The fourth-order valence-corrected chi connectivity index (χ4v) is 4.51. The minimum absolute atomic E-state index is 0.801. The van der Waals surface area contributed by atoms with Crippen molar-refractivity contribution in [2.45, 2.75) is 64.9 Å². The van der Waals surface area contributed by atoms with Crippen LogP contribution in [0.3, 0.4) is 0 Å². The summed E-state index contributed by atoms with van der Waals surface area (Å²) >= 11 is 0. The predicted molar refractivity (Wildman–Crippen MR) is 73.0 cm³/mol. The van der Waals surface area contributed by atoms with E-state index in [2.05, 4.69) is 63.1 Å². The molecule has 0 rings (SSSR count). The lowest BCUT2D eigenvalue weighted by atomic mass is 10.1. The van der Waals surface area contributed by atoms with E-state index < -0.39 is 0 Å². The van der Waals surface area contributed by atoms with Crippen LogP contribution in [0.1, 0.15) is 54.4 Å². The van der Waals surface area contributed by atoms with Gasteiger partial charge in [0, 0.05) is 10.5 Å². The molecule has 0 aliphatic carbocycles. The zero-order valence-electron chi connectivity index (χ0n) is 10.5. The van der Waals surface area contributed by atoms with Gasteiger partial charge in [-0.05, 0) is 24.7 Å². The van der Waals surface area contributed by atoms with Gasteiger partial charge in [0.15, 0.2) is 0 Å². The summed E-state index contributed by atoms with van der Waals surface area (Å²) in [5.74, 6) is 1.66. The molecule has 2 unspecified atom stereocenters. The van der Waals surface area contributed by atoms with Gasteiger partial charge in [0.2, 0.25) is 0 Å².